The Labute approximate surface area is 103 Å². The standard InChI is InChI=1S/C14H22N2O/c1-17-13-6-2-4-11(8-13)10-16-14-7-3-5-12(14)9-15/h2,4,6,8,12,14,16H,3,5,7,9-10,15H2,1H3. The molecule has 0 aliphatic heterocycles. The van der Waals surface area contributed by atoms with Crippen LogP contribution in [0.1, 0.15) is 24.8 Å². The quantitative estimate of drug-likeness (QED) is 0.818. The summed E-state index contributed by atoms with van der Waals surface area (Å²) in [4.78, 5) is 0. The van der Waals surface area contributed by atoms with Gasteiger partial charge < -0.3 is 15.8 Å². The number of hydrogen-bond acceptors (Lipinski definition) is 3. The summed E-state index contributed by atoms with van der Waals surface area (Å²) < 4.78 is 5.22. The first-order valence-electron chi connectivity index (χ1n) is 6.40. The zero-order valence-electron chi connectivity index (χ0n) is 10.5. The van der Waals surface area contributed by atoms with Crippen LogP contribution in [0.3, 0.4) is 0 Å². The second kappa shape index (κ2) is 6.03. The van der Waals surface area contributed by atoms with Crippen molar-refractivity contribution in [2.45, 2.75) is 31.8 Å². The van der Waals surface area contributed by atoms with Crippen molar-refractivity contribution in [3.8, 4) is 5.75 Å². The van der Waals surface area contributed by atoms with Crippen LogP contribution in [0, 0.1) is 5.92 Å². The van der Waals surface area contributed by atoms with Crippen LogP contribution in [0.25, 0.3) is 0 Å². The highest BCUT2D eigenvalue weighted by molar-refractivity contribution is 5.28. The third-order valence-corrected chi connectivity index (χ3v) is 3.66. The molecule has 3 heteroatoms. The van der Waals surface area contributed by atoms with Crippen molar-refractivity contribution >= 4 is 0 Å². The van der Waals surface area contributed by atoms with E-state index in [-0.39, 0.29) is 0 Å². The number of hydrogen-bond donors (Lipinski definition) is 2. The number of nitrogens with one attached hydrogen (secondary N) is 1. The van der Waals surface area contributed by atoms with Crippen LogP contribution < -0.4 is 15.8 Å². The van der Waals surface area contributed by atoms with Gasteiger partial charge in [-0.2, -0.15) is 0 Å². The fraction of sp³-hybridized carbons (Fsp3) is 0.571. The van der Waals surface area contributed by atoms with Crippen LogP contribution in [0.15, 0.2) is 24.3 Å². The first kappa shape index (κ1) is 12.4. The second-order valence-electron chi connectivity index (χ2n) is 4.77. The molecular weight excluding hydrogens is 212 g/mol. The van der Waals surface area contributed by atoms with Gasteiger partial charge in [0.1, 0.15) is 5.75 Å². The minimum Gasteiger partial charge on any atom is -0.497 e. The summed E-state index contributed by atoms with van der Waals surface area (Å²) >= 11 is 0. The predicted octanol–water partition coefficient (Wildman–Crippen LogP) is 1.91. The molecule has 0 spiro atoms. The number of rotatable bonds is 5. The molecule has 0 saturated heterocycles. The van der Waals surface area contributed by atoms with Crippen LogP contribution in [-0.4, -0.2) is 19.7 Å². The number of methoxy groups -OCH3 is 1. The monoisotopic (exact) mass is 234 g/mol. The van der Waals surface area contributed by atoms with Gasteiger partial charge in [0.05, 0.1) is 7.11 Å². The maximum Gasteiger partial charge on any atom is 0.119 e. The van der Waals surface area contributed by atoms with Crippen LogP contribution in [-0.2, 0) is 6.54 Å². The lowest BCUT2D eigenvalue weighted by atomic mass is 10.0. The van der Waals surface area contributed by atoms with Crippen molar-refractivity contribution in [3.05, 3.63) is 29.8 Å². The van der Waals surface area contributed by atoms with Crippen LogP contribution >= 0.6 is 0 Å². The molecular formula is C14H22N2O. The number of nitrogens with two attached hydrogens (primary N) is 1. The third-order valence-electron chi connectivity index (χ3n) is 3.66. The van der Waals surface area contributed by atoms with Gasteiger partial charge in [-0.05, 0) is 43.0 Å². The van der Waals surface area contributed by atoms with Gasteiger partial charge in [-0.25, -0.2) is 0 Å². The van der Waals surface area contributed by atoms with Gasteiger partial charge in [0.2, 0.25) is 0 Å². The molecule has 17 heavy (non-hydrogen) atoms. The molecule has 2 rings (SSSR count). The maximum atomic E-state index is 5.78. The molecule has 1 fully saturated rings. The van der Waals surface area contributed by atoms with Gasteiger partial charge in [-0.3, -0.25) is 0 Å². The third kappa shape index (κ3) is 3.20. The molecule has 1 aromatic carbocycles. The molecule has 2 unspecified atom stereocenters. The summed E-state index contributed by atoms with van der Waals surface area (Å²) in [5.41, 5.74) is 7.05. The first-order valence-corrected chi connectivity index (χ1v) is 6.40. The summed E-state index contributed by atoms with van der Waals surface area (Å²) in [6.45, 7) is 1.70. The lowest BCUT2D eigenvalue weighted by Gasteiger charge is -2.19. The van der Waals surface area contributed by atoms with Gasteiger partial charge in [-0.1, -0.05) is 18.6 Å². The minimum absolute atomic E-state index is 0.589. The Morgan fingerprint density at radius 3 is 3.06 bits per heavy atom. The summed E-state index contributed by atoms with van der Waals surface area (Å²) in [6.07, 6.45) is 3.83. The molecule has 0 radical (unpaired) electrons. The van der Waals surface area contributed by atoms with Gasteiger partial charge >= 0.3 is 0 Å². The molecule has 1 aliphatic carbocycles. The molecule has 0 bridgehead atoms. The van der Waals surface area contributed by atoms with E-state index in [2.05, 4.69) is 17.4 Å². The zero-order chi connectivity index (χ0) is 12.1. The Morgan fingerprint density at radius 1 is 1.41 bits per heavy atom. The normalized spacial score (nSPS) is 23.9. The van der Waals surface area contributed by atoms with Crippen molar-refractivity contribution in [1.82, 2.24) is 5.32 Å². The Bertz CT molecular complexity index is 354. The molecule has 1 saturated carbocycles. The van der Waals surface area contributed by atoms with E-state index in [1.807, 2.05) is 12.1 Å². The van der Waals surface area contributed by atoms with Crippen molar-refractivity contribution < 1.29 is 4.74 Å². The van der Waals surface area contributed by atoms with E-state index in [0.29, 0.717) is 12.0 Å². The topological polar surface area (TPSA) is 47.3 Å². The molecule has 1 aliphatic rings. The Morgan fingerprint density at radius 2 is 2.29 bits per heavy atom. The highest BCUT2D eigenvalue weighted by Gasteiger charge is 2.25. The molecule has 2 atom stereocenters. The number of ether oxygens (including phenoxy) is 1. The lowest BCUT2D eigenvalue weighted by molar-refractivity contribution is 0.402. The van der Waals surface area contributed by atoms with E-state index in [0.717, 1.165) is 18.8 Å². The Balaban J connectivity index is 1.88. The van der Waals surface area contributed by atoms with Crippen LogP contribution in [0.2, 0.25) is 0 Å². The molecule has 0 heterocycles. The average molecular weight is 234 g/mol. The minimum atomic E-state index is 0.589. The summed E-state index contributed by atoms with van der Waals surface area (Å²) in [6, 6.07) is 8.81. The van der Waals surface area contributed by atoms with E-state index < -0.39 is 0 Å². The maximum absolute atomic E-state index is 5.78. The van der Waals surface area contributed by atoms with Crippen molar-refractivity contribution in [1.29, 1.82) is 0 Å². The van der Waals surface area contributed by atoms with E-state index >= 15 is 0 Å². The van der Waals surface area contributed by atoms with Gasteiger partial charge in [-0.15, -0.1) is 0 Å². The highest BCUT2D eigenvalue weighted by Crippen LogP contribution is 2.25. The van der Waals surface area contributed by atoms with E-state index in [1.54, 1.807) is 7.11 Å². The summed E-state index contributed by atoms with van der Waals surface area (Å²) in [5.74, 6) is 1.58. The van der Waals surface area contributed by atoms with Gasteiger partial charge in [0.25, 0.3) is 0 Å². The Kier molecular flexibility index (Phi) is 4.40. The molecule has 94 valence electrons. The van der Waals surface area contributed by atoms with Crippen LogP contribution in [0.4, 0.5) is 0 Å². The van der Waals surface area contributed by atoms with E-state index in [9.17, 15) is 0 Å². The molecule has 3 nitrogen and oxygen atoms in total. The predicted molar refractivity (Wildman–Crippen MR) is 70.0 cm³/mol. The molecule has 3 N–H and O–H groups in total. The summed E-state index contributed by atoms with van der Waals surface area (Å²) in [7, 11) is 1.70. The van der Waals surface area contributed by atoms with Crippen molar-refractivity contribution in [3.63, 3.8) is 0 Å². The van der Waals surface area contributed by atoms with Gasteiger partial charge in [0.15, 0.2) is 0 Å². The average Bonchev–Trinajstić information content (AvgIpc) is 2.84. The van der Waals surface area contributed by atoms with Gasteiger partial charge in [0, 0.05) is 12.6 Å². The number of benzene rings is 1. The molecule has 0 amide bonds. The zero-order valence-corrected chi connectivity index (χ0v) is 10.5. The molecule has 1 aromatic rings. The fourth-order valence-electron chi connectivity index (χ4n) is 2.62. The summed E-state index contributed by atoms with van der Waals surface area (Å²) in [5, 5.41) is 3.61. The van der Waals surface area contributed by atoms with Crippen molar-refractivity contribution in [2.24, 2.45) is 11.7 Å². The first-order chi connectivity index (χ1) is 8.33. The molecule has 0 aromatic heterocycles. The van der Waals surface area contributed by atoms with Crippen LogP contribution in [0.5, 0.6) is 5.75 Å². The largest absolute Gasteiger partial charge is 0.497 e. The highest BCUT2D eigenvalue weighted by atomic mass is 16.5. The lowest BCUT2D eigenvalue weighted by Crippen LogP contribution is -2.35. The smallest absolute Gasteiger partial charge is 0.119 e. The SMILES string of the molecule is COc1cccc(CNC2CCCC2CN)c1. The van der Waals surface area contributed by atoms with E-state index in [1.165, 1.54) is 24.8 Å². The Hall–Kier alpha value is -1.06. The van der Waals surface area contributed by atoms with E-state index in [4.69, 9.17) is 10.5 Å². The second-order valence-corrected chi connectivity index (χ2v) is 4.77. The van der Waals surface area contributed by atoms with Crippen molar-refractivity contribution in [2.75, 3.05) is 13.7 Å². The fourth-order valence-corrected chi connectivity index (χ4v) is 2.62.